The van der Waals surface area contributed by atoms with Crippen molar-refractivity contribution in [2.75, 3.05) is 7.11 Å². The molecule has 3 aromatic rings. The van der Waals surface area contributed by atoms with Crippen LogP contribution < -0.4 is 10.1 Å². The second kappa shape index (κ2) is 7.04. The first-order valence-corrected chi connectivity index (χ1v) is 8.83. The molecule has 132 valence electrons. The van der Waals surface area contributed by atoms with Crippen LogP contribution in [0, 0.1) is 0 Å². The number of methoxy groups -OCH3 is 1. The van der Waals surface area contributed by atoms with Gasteiger partial charge < -0.3 is 10.1 Å². The van der Waals surface area contributed by atoms with Crippen LogP contribution in [0.1, 0.15) is 40.5 Å². The van der Waals surface area contributed by atoms with Gasteiger partial charge in [0.2, 0.25) is 0 Å². The summed E-state index contributed by atoms with van der Waals surface area (Å²) in [4.78, 5) is 12.7. The molecule has 0 bridgehead atoms. The third-order valence-electron chi connectivity index (χ3n) is 4.86. The Morgan fingerprint density at radius 1 is 1.19 bits per heavy atom. The molecule has 0 aliphatic heterocycles. The van der Waals surface area contributed by atoms with Crippen LogP contribution in [0.3, 0.4) is 0 Å². The number of nitrogens with one attached hydrogen (secondary N) is 2. The van der Waals surface area contributed by atoms with Gasteiger partial charge in [-0.25, -0.2) is 0 Å². The summed E-state index contributed by atoms with van der Waals surface area (Å²) in [5.74, 6) is 0.628. The Bertz CT molecular complexity index is 932. The summed E-state index contributed by atoms with van der Waals surface area (Å²) in [6.07, 6.45) is 3.12. The lowest BCUT2D eigenvalue weighted by Crippen LogP contribution is -2.31. The quantitative estimate of drug-likeness (QED) is 0.752. The van der Waals surface area contributed by atoms with Crippen molar-refractivity contribution in [1.82, 2.24) is 15.5 Å². The highest BCUT2D eigenvalue weighted by molar-refractivity contribution is 5.93. The molecule has 0 radical (unpaired) electrons. The van der Waals surface area contributed by atoms with Crippen molar-refractivity contribution in [3.8, 4) is 17.0 Å². The first-order chi connectivity index (χ1) is 12.7. The molecule has 1 aromatic heterocycles. The maximum atomic E-state index is 12.7. The van der Waals surface area contributed by atoms with Gasteiger partial charge in [-0.2, -0.15) is 5.10 Å². The minimum atomic E-state index is -0.131. The van der Waals surface area contributed by atoms with Crippen molar-refractivity contribution in [2.24, 2.45) is 0 Å². The summed E-state index contributed by atoms with van der Waals surface area (Å²) in [6, 6.07) is 17.8. The fourth-order valence-electron chi connectivity index (χ4n) is 3.51. The van der Waals surface area contributed by atoms with Gasteiger partial charge in [-0.3, -0.25) is 9.89 Å². The first kappa shape index (κ1) is 16.4. The fourth-order valence-corrected chi connectivity index (χ4v) is 3.51. The van der Waals surface area contributed by atoms with E-state index in [0.29, 0.717) is 5.69 Å². The van der Waals surface area contributed by atoms with E-state index in [1.807, 2.05) is 30.3 Å². The van der Waals surface area contributed by atoms with E-state index in [2.05, 4.69) is 33.7 Å². The van der Waals surface area contributed by atoms with Gasteiger partial charge >= 0.3 is 0 Å². The average Bonchev–Trinajstić information content (AvgIpc) is 3.19. The van der Waals surface area contributed by atoms with Gasteiger partial charge in [-0.1, -0.05) is 36.4 Å². The topological polar surface area (TPSA) is 67.0 Å². The molecule has 0 saturated carbocycles. The van der Waals surface area contributed by atoms with Crippen LogP contribution in [0.15, 0.2) is 54.6 Å². The van der Waals surface area contributed by atoms with E-state index in [4.69, 9.17) is 4.74 Å². The van der Waals surface area contributed by atoms with E-state index in [1.165, 1.54) is 11.1 Å². The highest BCUT2D eigenvalue weighted by atomic mass is 16.5. The Hall–Kier alpha value is -3.08. The van der Waals surface area contributed by atoms with Gasteiger partial charge in [0.1, 0.15) is 11.4 Å². The molecule has 1 unspecified atom stereocenters. The largest absolute Gasteiger partial charge is 0.497 e. The Morgan fingerprint density at radius 2 is 2.08 bits per heavy atom. The maximum absolute atomic E-state index is 12.7. The molecule has 2 aromatic carbocycles. The van der Waals surface area contributed by atoms with E-state index in [0.717, 1.165) is 36.3 Å². The summed E-state index contributed by atoms with van der Waals surface area (Å²) in [6.45, 7) is 0. The number of hydrogen-bond acceptors (Lipinski definition) is 3. The van der Waals surface area contributed by atoms with Crippen LogP contribution in [0.4, 0.5) is 0 Å². The number of aryl methyl sites for hydroxylation is 1. The predicted octanol–water partition coefficient (Wildman–Crippen LogP) is 3.89. The molecule has 0 spiro atoms. The highest BCUT2D eigenvalue weighted by Gasteiger charge is 2.22. The van der Waals surface area contributed by atoms with E-state index in [-0.39, 0.29) is 11.9 Å². The zero-order valence-electron chi connectivity index (χ0n) is 14.7. The predicted molar refractivity (Wildman–Crippen MR) is 100 cm³/mol. The Labute approximate surface area is 152 Å². The van der Waals surface area contributed by atoms with E-state index in [1.54, 1.807) is 13.2 Å². The number of carbonyl (C=O) groups is 1. The first-order valence-electron chi connectivity index (χ1n) is 8.83. The van der Waals surface area contributed by atoms with Crippen LogP contribution in [0.2, 0.25) is 0 Å². The maximum Gasteiger partial charge on any atom is 0.269 e. The zero-order chi connectivity index (χ0) is 17.9. The molecule has 1 heterocycles. The number of amides is 1. The summed E-state index contributed by atoms with van der Waals surface area (Å²) < 4.78 is 5.25. The summed E-state index contributed by atoms with van der Waals surface area (Å²) in [5, 5.41) is 10.3. The van der Waals surface area contributed by atoms with Gasteiger partial charge in [-0.15, -0.1) is 0 Å². The second-order valence-corrected chi connectivity index (χ2v) is 6.52. The third kappa shape index (κ3) is 3.20. The summed E-state index contributed by atoms with van der Waals surface area (Å²) >= 11 is 0. The van der Waals surface area contributed by atoms with E-state index >= 15 is 0 Å². The van der Waals surface area contributed by atoms with Crippen molar-refractivity contribution < 1.29 is 9.53 Å². The van der Waals surface area contributed by atoms with Crippen LogP contribution in [0.25, 0.3) is 11.3 Å². The minimum absolute atomic E-state index is 0.0519. The van der Waals surface area contributed by atoms with Gasteiger partial charge in [0.05, 0.1) is 18.8 Å². The number of carbonyl (C=O) groups excluding carboxylic acids is 1. The number of nitrogens with zero attached hydrogens (tertiary/aromatic N) is 1. The van der Waals surface area contributed by atoms with E-state index in [9.17, 15) is 4.79 Å². The average molecular weight is 347 g/mol. The normalized spacial score (nSPS) is 16.0. The zero-order valence-corrected chi connectivity index (χ0v) is 14.7. The SMILES string of the molecule is COc1cccc(-c2cc(C(=O)NC3CCCc4ccccc43)[nH]n2)c1. The Morgan fingerprint density at radius 3 is 2.96 bits per heavy atom. The third-order valence-corrected chi connectivity index (χ3v) is 4.86. The molecule has 26 heavy (non-hydrogen) atoms. The monoisotopic (exact) mass is 347 g/mol. The number of fused-ring (bicyclic) bond motifs is 1. The number of H-pyrrole nitrogens is 1. The minimum Gasteiger partial charge on any atom is -0.497 e. The molecule has 0 fully saturated rings. The Kier molecular flexibility index (Phi) is 4.44. The molecule has 1 aliphatic rings. The number of aromatic nitrogens is 2. The van der Waals surface area contributed by atoms with Crippen molar-refractivity contribution in [1.29, 1.82) is 0 Å². The molecule has 0 saturated heterocycles. The molecular formula is C21H21N3O2. The number of rotatable bonds is 4. The fraction of sp³-hybridized carbons (Fsp3) is 0.238. The number of ether oxygens (including phenoxy) is 1. The van der Waals surface area contributed by atoms with E-state index < -0.39 is 0 Å². The van der Waals surface area contributed by atoms with Crippen molar-refractivity contribution in [3.63, 3.8) is 0 Å². The lowest BCUT2D eigenvalue weighted by atomic mass is 9.87. The van der Waals surface area contributed by atoms with Crippen molar-refractivity contribution in [2.45, 2.75) is 25.3 Å². The highest BCUT2D eigenvalue weighted by Crippen LogP contribution is 2.30. The Balaban J connectivity index is 1.52. The van der Waals surface area contributed by atoms with Crippen LogP contribution in [-0.2, 0) is 6.42 Å². The lowest BCUT2D eigenvalue weighted by Gasteiger charge is -2.26. The molecule has 5 nitrogen and oxygen atoms in total. The van der Waals surface area contributed by atoms with Gasteiger partial charge in [0.25, 0.3) is 5.91 Å². The van der Waals surface area contributed by atoms with Crippen molar-refractivity contribution in [3.05, 3.63) is 71.4 Å². The molecule has 4 rings (SSSR count). The molecular weight excluding hydrogens is 326 g/mol. The van der Waals surface area contributed by atoms with Crippen molar-refractivity contribution >= 4 is 5.91 Å². The van der Waals surface area contributed by atoms with Gasteiger partial charge in [0.15, 0.2) is 0 Å². The number of benzene rings is 2. The van der Waals surface area contributed by atoms with Gasteiger partial charge in [-0.05, 0) is 48.6 Å². The van der Waals surface area contributed by atoms with Crippen LogP contribution in [-0.4, -0.2) is 23.2 Å². The van der Waals surface area contributed by atoms with Crippen LogP contribution >= 0.6 is 0 Å². The smallest absolute Gasteiger partial charge is 0.269 e. The van der Waals surface area contributed by atoms with Crippen LogP contribution in [0.5, 0.6) is 5.75 Å². The van der Waals surface area contributed by atoms with Gasteiger partial charge in [0, 0.05) is 5.56 Å². The molecule has 1 atom stereocenters. The number of hydrogen-bond donors (Lipinski definition) is 2. The second-order valence-electron chi connectivity index (χ2n) is 6.52. The molecule has 1 aliphatic carbocycles. The summed E-state index contributed by atoms with van der Waals surface area (Å²) in [7, 11) is 1.63. The summed E-state index contributed by atoms with van der Waals surface area (Å²) in [5.41, 5.74) is 4.64. The lowest BCUT2D eigenvalue weighted by molar-refractivity contribution is 0.0927. The molecule has 2 N–H and O–H groups in total. The number of aromatic amines is 1. The molecule has 1 amide bonds. The standard InChI is InChI=1S/C21H21N3O2/c1-26-16-9-4-8-15(12-16)19-13-20(24-23-19)21(25)22-18-11-5-7-14-6-2-3-10-17(14)18/h2-4,6,8-10,12-13,18H,5,7,11H2,1H3,(H,22,25)(H,23,24). The molecule has 5 heteroatoms.